The van der Waals surface area contributed by atoms with E-state index in [0.29, 0.717) is 11.4 Å². The fraction of sp³-hybridized carbons (Fsp3) is 0.0588. The molecule has 0 saturated carbocycles. The molecule has 0 aliphatic rings. The minimum Gasteiger partial charge on any atom is -0.321 e. The first-order valence-corrected chi connectivity index (χ1v) is 7.02. The van der Waals surface area contributed by atoms with Crippen LogP contribution in [0, 0.1) is 0 Å². The highest BCUT2D eigenvalue weighted by Gasteiger charge is 2.10. The number of pyridine rings is 2. The lowest BCUT2D eigenvalue weighted by atomic mass is 10.1. The minimum atomic E-state index is -0.161. The van der Waals surface area contributed by atoms with Gasteiger partial charge in [0.05, 0.1) is 23.1 Å². The maximum absolute atomic E-state index is 11.5. The number of hydrogen-bond acceptors (Lipinski definition) is 4. The van der Waals surface area contributed by atoms with E-state index in [1.807, 2.05) is 25.1 Å². The van der Waals surface area contributed by atoms with Crippen LogP contribution in [0.2, 0.25) is 0 Å². The van der Waals surface area contributed by atoms with Crippen LogP contribution in [0.1, 0.15) is 12.6 Å². The van der Waals surface area contributed by atoms with Gasteiger partial charge in [-0.25, -0.2) is 0 Å². The molecule has 0 spiro atoms. The first-order valence-electron chi connectivity index (χ1n) is 7.02. The van der Waals surface area contributed by atoms with Crippen molar-refractivity contribution in [3.63, 3.8) is 0 Å². The number of nitrogens with zero attached hydrogens (tertiary/aromatic N) is 3. The molecule has 23 heavy (non-hydrogen) atoms. The molecule has 3 aromatic heterocycles. The Hall–Kier alpha value is -3.28. The Morgan fingerprint density at radius 1 is 1.39 bits per heavy atom. The number of aliphatic imine (C=N–C) groups is 1. The van der Waals surface area contributed by atoms with Crippen LogP contribution in [-0.4, -0.2) is 26.9 Å². The van der Waals surface area contributed by atoms with Crippen LogP contribution in [0.25, 0.3) is 27.9 Å². The molecule has 114 valence electrons. The van der Waals surface area contributed by atoms with Crippen LogP contribution in [-0.2, 0) is 0 Å². The molecule has 0 saturated heterocycles. The fourth-order valence-corrected chi connectivity index (χ4v) is 2.26. The highest BCUT2D eigenvalue weighted by atomic mass is 16.1. The molecule has 0 fully saturated rings. The zero-order chi connectivity index (χ0) is 16.2. The van der Waals surface area contributed by atoms with Gasteiger partial charge in [0, 0.05) is 17.7 Å². The number of H-pyrrole nitrogens is 2. The SMILES string of the molecule is C=N/C=C\C=C(/C)c1cc2c(-c3cccc(=O)[nH]3)n[nH]c2cn1. The third-order valence-corrected chi connectivity index (χ3v) is 3.41. The van der Waals surface area contributed by atoms with E-state index in [1.54, 1.807) is 24.5 Å². The zero-order valence-electron chi connectivity index (χ0n) is 12.6. The van der Waals surface area contributed by atoms with E-state index in [0.717, 1.165) is 22.2 Å². The summed E-state index contributed by atoms with van der Waals surface area (Å²) in [5.41, 5.74) is 3.82. The zero-order valence-corrected chi connectivity index (χ0v) is 12.6. The summed E-state index contributed by atoms with van der Waals surface area (Å²) < 4.78 is 0. The standard InChI is InChI=1S/C17H15N5O/c1-11(5-4-8-18-2)14-9-12-15(10-19-14)21-22-17(12)13-6-3-7-16(23)20-13/h3-10H,2H2,1H3,(H,20,23)(H,21,22)/b8-4-,11-5+. The summed E-state index contributed by atoms with van der Waals surface area (Å²) in [4.78, 5) is 22.4. The van der Waals surface area contributed by atoms with E-state index in [9.17, 15) is 4.79 Å². The predicted molar refractivity (Wildman–Crippen MR) is 92.3 cm³/mol. The Balaban J connectivity index is 2.10. The molecule has 6 nitrogen and oxygen atoms in total. The van der Waals surface area contributed by atoms with Gasteiger partial charge in [0.1, 0.15) is 5.69 Å². The predicted octanol–water partition coefficient (Wildman–Crippen LogP) is 2.93. The summed E-state index contributed by atoms with van der Waals surface area (Å²) in [6.45, 7) is 5.36. The number of rotatable bonds is 4. The number of fused-ring (bicyclic) bond motifs is 1. The fourth-order valence-electron chi connectivity index (χ4n) is 2.26. The molecule has 0 amide bonds. The largest absolute Gasteiger partial charge is 0.321 e. The van der Waals surface area contributed by atoms with Gasteiger partial charge in [-0.1, -0.05) is 12.1 Å². The van der Waals surface area contributed by atoms with Gasteiger partial charge in [0.25, 0.3) is 0 Å². The molecular formula is C17H15N5O. The van der Waals surface area contributed by atoms with Crippen LogP contribution in [0.4, 0.5) is 0 Å². The minimum absolute atomic E-state index is 0.161. The van der Waals surface area contributed by atoms with Gasteiger partial charge in [-0.05, 0) is 37.4 Å². The normalized spacial score (nSPS) is 12.1. The smallest absolute Gasteiger partial charge is 0.248 e. The lowest BCUT2D eigenvalue weighted by Crippen LogP contribution is -2.03. The first-order chi connectivity index (χ1) is 11.2. The van der Waals surface area contributed by atoms with E-state index in [4.69, 9.17) is 0 Å². The first kappa shape index (κ1) is 14.6. The van der Waals surface area contributed by atoms with E-state index in [1.165, 1.54) is 6.07 Å². The molecule has 2 N–H and O–H groups in total. The second kappa shape index (κ2) is 6.23. The van der Waals surface area contributed by atoms with Crippen molar-refractivity contribution >= 4 is 23.2 Å². The number of aromatic amines is 2. The summed E-state index contributed by atoms with van der Waals surface area (Å²) in [7, 11) is 0. The van der Waals surface area contributed by atoms with Crippen LogP contribution >= 0.6 is 0 Å². The quantitative estimate of drug-likeness (QED) is 0.574. The average molecular weight is 305 g/mol. The van der Waals surface area contributed by atoms with Crippen molar-refractivity contribution in [1.82, 2.24) is 20.2 Å². The maximum Gasteiger partial charge on any atom is 0.248 e. The monoisotopic (exact) mass is 305 g/mol. The highest BCUT2D eigenvalue weighted by Crippen LogP contribution is 2.26. The molecular weight excluding hydrogens is 290 g/mol. The lowest BCUT2D eigenvalue weighted by Gasteiger charge is -2.01. The molecule has 0 aliphatic carbocycles. The topological polar surface area (TPSA) is 86.8 Å². The number of hydrogen-bond donors (Lipinski definition) is 2. The third kappa shape index (κ3) is 3.01. The molecule has 3 aromatic rings. The van der Waals surface area contributed by atoms with Crippen molar-refractivity contribution in [2.24, 2.45) is 4.99 Å². The Labute approximate surface area is 132 Å². The average Bonchev–Trinajstić information content (AvgIpc) is 2.98. The maximum atomic E-state index is 11.5. The van der Waals surface area contributed by atoms with Crippen molar-refractivity contribution in [3.8, 4) is 11.4 Å². The molecule has 0 unspecified atom stereocenters. The second-order valence-corrected chi connectivity index (χ2v) is 4.99. The summed E-state index contributed by atoms with van der Waals surface area (Å²) in [6, 6.07) is 6.94. The molecule has 3 rings (SSSR count). The summed E-state index contributed by atoms with van der Waals surface area (Å²) in [5.74, 6) is 0. The van der Waals surface area contributed by atoms with E-state index < -0.39 is 0 Å². The van der Waals surface area contributed by atoms with Crippen molar-refractivity contribution in [2.45, 2.75) is 6.92 Å². The number of nitrogens with one attached hydrogen (secondary N) is 2. The third-order valence-electron chi connectivity index (χ3n) is 3.41. The van der Waals surface area contributed by atoms with E-state index >= 15 is 0 Å². The van der Waals surface area contributed by atoms with Crippen molar-refractivity contribution in [3.05, 3.63) is 64.9 Å². The molecule has 0 aromatic carbocycles. The summed E-state index contributed by atoms with van der Waals surface area (Å²) >= 11 is 0. The van der Waals surface area contributed by atoms with Crippen LogP contribution in [0.5, 0.6) is 0 Å². The van der Waals surface area contributed by atoms with Crippen molar-refractivity contribution in [2.75, 3.05) is 0 Å². The number of aromatic nitrogens is 4. The van der Waals surface area contributed by atoms with Gasteiger partial charge in [0.2, 0.25) is 5.56 Å². The molecule has 6 heteroatoms. The number of allylic oxidation sites excluding steroid dienone is 3. The van der Waals surface area contributed by atoms with Gasteiger partial charge < -0.3 is 4.98 Å². The van der Waals surface area contributed by atoms with Crippen LogP contribution in [0.3, 0.4) is 0 Å². The van der Waals surface area contributed by atoms with Crippen LogP contribution < -0.4 is 5.56 Å². The van der Waals surface area contributed by atoms with Crippen molar-refractivity contribution in [1.29, 1.82) is 0 Å². The van der Waals surface area contributed by atoms with Gasteiger partial charge in [-0.3, -0.25) is 19.9 Å². The van der Waals surface area contributed by atoms with Gasteiger partial charge in [0.15, 0.2) is 0 Å². The Morgan fingerprint density at radius 2 is 2.26 bits per heavy atom. The molecule has 3 heterocycles. The van der Waals surface area contributed by atoms with Crippen molar-refractivity contribution < 1.29 is 0 Å². The Bertz CT molecular complexity index is 978. The van der Waals surface area contributed by atoms with Gasteiger partial charge in [-0.2, -0.15) is 5.10 Å². The lowest BCUT2D eigenvalue weighted by molar-refractivity contribution is 1.10. The highest BCUT2D eigenvalue weighted by molar-refractivity contribution is 5.93. The Kier molecular flexibility index (Phi) is 3.97. The Morgan fingerprint density at radius 3 is 3.04 bits per heavy atom. The molecule has 0 atom stereocenters. The molecule has 0 radical (unpaired) electrons. The van der Waals surface area contributed by atoms with Gasteiger partial charge in [-0.15, -0.1) is 0 Å². The van der Waals surface area contributed by atoms with Crippen LogP contribution in [0.15, 0.2) is 58.6 Å². The molecule has 0 bridgehead atoms. The van der Waals surface area contributed by atoms with E-state index in [2.05, 4.69) is 31.9 Å². The second-order valence-electron chi connectivity index (χ2n) is 4.99. The van der Waals surface area contributed by atoms with E-state index in [-0.39, 0.29) is 5.56 Å². The summed E-state index contributed by atoms with van der Waals surface area (Å²) in [5, 5.41) is 8.12. The summed E-state index contributed by atoms with van der Waals surface area (Å²) in [6.07, 6.45) is 7.06. The molecule has 0 aliphatic heterocycles. The van der Waals surface area contributed by atoms with Gasteiger partial charge >= 0.3 is 0 Å².